The Morgan fingerprint density at radius 2 is 1.24 bits per heavy atom. The van der Waals surface area contributed by atoms with Gasteiger partial charge in [-0.1, -0.05) is 97.1 Å². The van der Waals surface area contributed by atoms with Gasteiger partial charge in [-0.05, 0) is 39.1 Å². The molecule has 1 aromatic heterocycles. The summed E-state index contributed by atoms with van der Waals surface area (Å²) >= 11 is 0. The van der Waals surface area contributed by atoms with Crippen LogP contribution in [0.15, 0.2) is 115 Å². The summed E-state index contributed by atoms with van der Waals surface area (Å²) in [7, 11) is -7.41. The van der Waals surface area contributed by atoms with E-state index in [2.05, 4.69) is 0 Å². The minimum absolute atomic E-state index is 0.343. The number of hydrogen-bond acceptors (Lipinski definition) is 3. The van der Waals surface area contributed by atoms with Crippen molar-refractivity contribution < 1.29 is 25.8 Å². The molecule has 0 N–H and O–H groups in total. The van der Waals surface area contributed by atoms with Crippen molar-refractivity contribution >= 4 is 50.0 Å². The molecule has 0 fully saturated rings. The quantitative estimate of drug-likeness (QED) is 0.143. The molecule has 37 heavy (non-hydrogen) atoms. The monoisotopic (exact) mass is 537 g/mol. The Morgan fingerprint density at radius 1 is 0.730 bits per heavy atom. The van der Waals surface area contributed by atoms with Gasteiger partial charge < -0.3 is 8.75 Å². The molecular weight excluding hydrogens is 515 g/mol. The van der Waals surface area contributed by atoms with Crippen molar-refractivity contribution in [2.75, 3.05) is 0 Å². The largest absolute Gasteiger partial charge is 0.534 e. The van der Waals surface area contributed by atoms with Crippen molar-refractivity contribution in [3.63, 3.8) is 0 Å². The van der Waals surface area contributed by atoms with Gasteiger partial charge >= 0.3 is 15.6 Å². The lowest BCUT2D eigenvalue weighted by molar-refractivity contribution is -0.0499. The highest BCUT2D eigenvalue weighted by Crippen LogP contribution is 2.28. The predicted molar refractivity (Wildman–Crippen MR) is 142 cm³/mol. The maximum Gasteiger partial charge on any atom is 0.534 e. The van der Waals surface area contributed by atoms with E-state index < -0.39 is 23.7 Å². The average molecular weight is 538 g/mol. The highest BCUT2D eigenvalue weighted by atomic mass is 32.2. The van der Waals surface area contributed by atoms with Crippen molar-refractivity contribution in [1.82, 2.24) is 4.57 Å². The van der Waals surface area contributed by atoms with Crippen LogP contribution in [0.25, 0.3) is 10.9 Å². The zero-order chi connectivity index (χ0) is 26.3. The van der Waals surface area contributed by atoms with Gasteiger partial charge in [0.25, 0.3) is 0 Å². The number of para-hydroxylation sites is 2. The molecule has 4 aromatic carbocycles. The minimum Gasteiger partial charge on any atom is -0.376 e. The van der Waals surface area contributed by atoms with Gasteiger partial charge in [0.15, 0.2) is 0 Å². The van der Waals surface area contributed by atoms with Crippen LogP contribution in [-0.2, 0) is 17.2 Å². The maximum atomic E-state index is 13.4. The molecule has 0 radical (unpaired) electrons. The molecule has 5 rings (SSSR count). The van der Waals surface area contributed by atoms with E-state index in [0.717, 1.165) is 26.6 Å². The SMILES string of the molecule is Cn1c([Si](c2ccccc2)(c2ccccc2)c2ccccc2OS(=O)(=O)C(F)(F)F)cc2ccccc21. The molecule has 0 aliphatic rings. The van der Waals surface area contributed by atoms with Crippen LogP contribution in [0, 0.1) is 0 Å². The molecule has 0 aliphatic heterocycles. The third-order valence-corrected chi connectivity index (χ3v) is 12.4. The molecule has 0 spiro atoms. The first kappa shape index (κ1) is 24.9. The van der Waals surface area contributed by atoms with Gasteiger partial charge in [0, 0.05) is 17.9 Å². The molecule has 4 nitrogen and oxygen atoms in total. The van der Waals surface area contributed by atoms with E-state index in [4.69, 9.17) is 4.18 Å². The van der Waals surface area contributed by atoms with Crippen LogP contribution in [0.2, 0.25) is 0 Å². The number of aryl methyl sites for hydroxylation is 1. The normalized spacial score (nSPS) is 12.5. The van der Waals surface area contributed by atoms with E-state index >= 15 is 0 Å². The second-order valence-corrected chi connectivity index (χ2v) is 13.9. The second-order valence-electron chi connectivity index (χ2n) is 8.61. The summed E-state index contributed by atoms with van der Waals surface area (Å²) in [5, 5.41) is 3.96. The summed E-state index contributed by atoms with van der Waals surface area (Å²) in [5.74, 6) is -0.343. The van der Waals surface area contributed by atoms with Crippen LogP contribution in [0.1, 0.15) is 0 Å². The fourth-order valence-corrected chi connectivity index (χ4v) is 10.6. The highest BCUT2D eigenvalue weighted by Gasteiger charge is 2.51. The maximum absolute atomic E-state index is 13.4. The topological polar surface area (TPSA) is 48.3 Å². The molecule has 0 bridgehead atoms. The first-order chi connectivity index (χ1) is 17.7. The van der Waals surface area contributed by atoms with Gasteiger partial charge in [-0.25, -0.2) is 0 Å². The van der Waals surface area contributed by atoms with Crippen LogP contribution in [0.3, 0.4) is 0 Å². The van der Waals surface area contributed by atoms with Crippen LogP contribution < -0.4 is 25.1 Å². The molecule has 0 atom stereocenters. The third kappa shape index (κ3) is 4.14. The molecule has 0 saturated carbocycles. The number of fused-ring (bicyclic) bond motifs is 1. The lowest BCUT2D eigenvalue weighted by atomic mass is 10.2. The van der Waals surface area contributed by atoms with E-state index in [0.29, 0.717) is 5.19 Å². The standard InChI is InChI=1S/C28H22F3NO3SSi/c1-32-24-17-9-8-12-21(24)20-27(32)37(22-13-4-2-5-14-22,23-15-6-3-7-16-23)26-19-11-10-18-25(26)35-36(33,34)28(29,30)31/h2-20H,1H3. The van der Waals surface area contributed by atoms with Gasteiger partial charge in [-0.2, -0.15) is 21.6 Å². The lowest BCUT2D eigenvalue weighted by Gasteiger charge is -2.35. The fourth-order valence-electron chi connectivity index (χ4n) is 4.95. The van der Waals surface area contributed by atoms with Crippen molar-refractivity contribution in [2.45, 2.75) is 5.51 Å². The zero-order valence-electron chi connectivity index (χ0n) is 19.7. The molecule has 9 heteroatoms. The Balaban J connectivity index is 1.94. The molecule has 188 valence electrons. The Bertz CT molecular complexity index is 1630. The van der Waals surface area contributed by atoms with Gasteiger partial charge in [-0.15, -0.1) is 0 Å². The number of alkyl halides is 3. The van der Waals surface area contributed by atoms with Gasteiger partial charge in [-0.3, -0.25) is 0 Å². The third-order valence-electron chi connectivity index (χ3n) is 6.52. The van der Waals surface area contributed by atoms with Crippen molar-refractivity contribution in [2.24, 2.45) is 7.05 Å². The number of hydrogen-bond donors (Lipinski definition) is 0. The van der Waals surface area contributed by atoms with Crippen LogP contribution in [-0.4, -0.2) is 26.6 Å². The Morgan fingerprint density at radius 3 is 1.81 bits per heavy atom. The molecule has 0 saturated heterocycles. The minimum atomic E-state index is -5.90. The number of benzene rings is 4. The van der Waals surface area contributed by atoms with E-state index in [1.165, 1.54) is 12.1 Å². The molecule has 5 aromatic rings. The first-order valence-corrected chi connectivity index (χ1v) is 14.8. The van der Waals surface area contributed by atoms with Crippen LogP contribution in [0.5, 0.6) is 5.75 Å². The molecule has 0 aliphatic carbocycles. The summed E-state index contributed by atoms with van der Waals surface area (Å²) in [4.78, 5) is 0. The lowest BCUT2D eigenvalue weighted by Crippen LogP contribution is -2.76. The van der Waals surface area contributed by atoms with E-state index in [1.807, 2.05) is 103 Å². The van der Waals surface area contributed by atoms with E-state index in [1.54, 1.807) is 12.1 Å². The summed E-state index contributed by atoms with van der Waals surface area (Å²) in [5.41, 5.74) is -4.62. The summed E-state index contributed by atoms with van der Waals surface area (Å²) in [6, 6.07) is 34.9. The average Bonchev–Trinajstić information content (AvgIpc) is 3.23. The van der Waals surface area contributed by atoms with E-state index in [9.17, 15) is 21.6 Å². The Kier molecular flexibility index (Phi) is 6.21. The molecule has 0 amide bonds. The number of halogens is 3. The van der Waals surface area contributed by atoms with Gasteiger partial charge in [0.05, 0.1) is 0 Å². The number of nitrogens with zero attached hydrogens (tertiary/aromatic N) is 1. The highest BCUT2D eigenvalue weighted by molar-refractivity contribution is 7.88. The van der Waals surface area contributed by atoms with E-state index in [-0.39, 0.29) is 5.75 Å². The summed E-state index contributed by atoms with van der Waals surface area (Å²) in [6.45, 7) is 0. The summed E-state index contributed by atoms with van der Waals surface area (Å²) in [6.07, 6.45) is 0. The van der Waals surface area contributed by atoms with Crippen molar-refractivity contribution in [3.05, 3.63) is 115 Å². The van der Waals surface area contributed by atoms with Gasteiger partial charge in [0.1, 0.15) is 5.75 Å². The summed E-state index contributed by atoms with van der Waals surface area (Å²) < 4.78 is 71.5. The second kappa shape index (κ2) is 9.24. The smallest absolute Gasteiger partial charge is 0.376 e. The fraction of sp³-hybridized carbons (Fsp3) is 0.0714. The van der Waals surface area contributed by atoms with Crippen LogP contribution >= 0.6 is 0 Å². The Hall–Kier alpha value is -3.82. The zero-order valence-corrected chi connectivity index (χ0v) is 21.5. The molecule has 0 unspecified atom stereocenters. The van der Waals surface area contributed by atoms with Crippen molar-refractivity contribution in [1.29, 1.82) is 0 Å². The van der Waals surface area contributed by atoms with Crippen molar-refractivity contribution in [3.8, 4) is 5.75 Å². The first-order valence-electron chi connectivity index (χ1n) is 11.4. The number of rotatable bonds is 6. The number of aromatic nitrogens is 1. The molecule has 1 heterocycles. The predicted octanol–water partition coefficient (Wildman–Crippen LogP) is 3.78. The molecular formula is C28H22F3NO3SSi. The van der Waals surface area contributed by atoms with Crippen LogP contribution in [0.4, 0.5) is 13.2 Å². The Labute approximate surface area is 213 Å². The van der Waals surface area contributed by atoms with Gasteiger partial charge in [0.2, 0.25) is 8.07 Å².